The Morgan fingerprint density at radius 3 is 2.75 bits per heavy atom. The van der Waals surface area contributed by atoms with Gasteiger partial charge in [-0.2, -0.15) is 5.10 Å². The molecule has 0 aliphatic rings. The van der Waals surface area contributed by atoms with Crippen LogP contribution in [0.25, 0.3) is 5.69 Å². The van der Waals surface area contributed by atoms with E-state index in [1.807, 2.05) is 24.5 Å². The summed E-state index contributed by atoms with van der Waals surface area (Å²) < 4.78 is 1.71. The van der Waals surface area contributed by atoms with Gasteiger partial charge >= 0.3 is 0 Å². The molecule has 0 bridgehead atoms. The van der Waals surface area contributed by atoms with E-state index in [2.05, 4.69) is 5.10 Å². The number of hydrogen-bond donors (Lipinski definition) is 1. The predicted octanol–water partition coefficient (Wildman–Crippen LogP) is 1.75. The molecule has 1 heterocycles. The largest absolute Gasteiger partial charge is 0.343 e. The fourth-order valence-corrected chi connectivity index (χ4v) is 2.62. The van der Waals surface area contributed by atoms with Gasteiger partial charge in [-0.25, -0.2) is 4.68 Å². The molecule has 0 aliphatic heterocycles. The van der Waals surface area contributed by atoms with Crippen LogP contribution in [0.2, 0.25) is 0 Å². The molecule has 0 spiro atoms. The standard InChI is InChI=1S/C14H18N4OS/c1-17(2)14(19)11-7-8-18(16-11)12-5-4-6-13(20-3)10(12)9-15/h4-8H,9,15H2,1-3H3. The third kappa shape index (κ3) is 2.71. The Morgan fingerprint density at radius 2 is 2.15 bits per heavy atom. The van der Waals surface area contributed by atoms with Crippen molar-refractivity contribution in [2.24, 2.45) is 5.73 Å². The number of rotatable bonds is 4. The summed E-state index contributed by atoms with van der Waals surface area (Å²) in [4.78, 5) is 14.5. The monoisotopic (exact) mass is 290 g/mol. The van der Waals surface area contributed by atoms with E-state index in [9.17, 15) is 4.79 Å². The van der Waals surface area contributed by atoms with Crippen molar-refractivity contribution in [2.45, 2.75) is 11.4 Å². The first-order chi connectivity index (χ1) is 9.58. The van der Waals surface area contributed by atoms with E-state index < -0.39 is 0 Å². The van der Waals surface area contributed by atoms with Crippen molar-refractivity contribution >= 4 is 17.7 Å². The van der Waals surface area contributed by atoms with Crippen LogP contribution >= 0.6 is 11.8 Å². The lowest BCUT2D eigenvalue weighted by atomic mass is 10.2. The van der Waals surface area contributed by atoms with Gasteiger partial charge in [0.2, 0.25) is 0 Å². The quantitative estimate of drug-likeness (QED) is 0.871. The number of nitrogens with two attached hydrogens (primary N) is 1. The number of amides is 1. The maximum Gasteiger partial charge on any atom is 0.273 e. The Labute approximate surface area is 122 Å². The van der Waals surface area contributed by atoms with Gasteiger partial charge in [0.25, 0.3) is 5.91 Å². The predicted molar refractivity (Wildman–Crippen MR) is 81.3 cm³/mol. The number of nitrogens with zero attached hydrogens (tertiary/aromatic N) is 3. The Kier molecular flexibility index (Phi) is 4.46. The van der Waals surface area contributed by atoms with Crippen LogP contribution in [0.5, 0.6) is 0 Å². The first-order valence-corrected chi connectivity index (χ1v) is 7.44. The molecule has 2 aromatic rings. The molecule has 0 saturated heterocycles. The molecule has 0 atom stereocenters. The lowest BCUT2D eigenvalue weighted by molar-refractivity contribution is 0.0821. The summed E-state index contributed by atoms with van der Waals surface area (Å²) in [6, 6.07) is 7.68. The van der Waals surface area contributed by atoms with Crippen LogP contribution in [0.3, 0.4) is 0 Å². The first kappa shape index (κ1) is 14.6. The Balaban J connectivity index is 2.45. The van der Waals surface area contributed by atoms with Gasteiger partial charge in [-0.1, -0.05) is 6.07 Å². The van der Waals surface area contributed by atoms with Crippen LogP contribution in [0, 0.1) is 0 Å². The van der Waals surface area contributed by atoms with Gasteiger partial charge in [0.05, 0.1) is 5.69 Å². The van der Waals surface area contributed by atoms with Crippen molar-refractivity contribution in [3.8, 4) is 5.69 Å². The summed E-state index contributed by atoms with van der Waals surface area (Å²) in [5, 5.41) is 4.35. The normalized spacial score (nSPS) is 10.6. The van der Waals surface area contributed by atoms with Crippen molar-refractivity contribution in [2.75, 3.05) is 20.4 Å². The maximum absolute atomic E-state index is 11.9. The summed E-state index contributed by atoms with van der Waals surface area (Å²) in [6.45, 7) is 0.434. The summed E-state index contributed by atoms with van der Waals surface area (Å²) in [5.41, 5.74) is 8.22. The van der Waals surface area contributed by atoms with E-state index >= 15 is 0 Å². The van der Waals surface area contributed by atoms with Crippen LogP contribution in [-0.4, -0.2) is 40.9 Å². The summed E-state index contributed by atoms with van der Waals surface area (Å²) >= 11 is 1.65. The van der Waals surface area contributed by atoms with Crippen LogP contribution in [0.4, 0.5) is 0 Å². The zero-order chi connectivity index (χ0) is 14.7. The van der Waals surface area contributed by atoms with Gasteiger partial charge in [-0.05, 0) is 24.5 Å². The lowest BCUT2D eigenvalue weighted by Crippen LogP contribution is -2.22. The zero-order valence-corrected chi connectivity index (χ0v) is 12.6. The Morgan fingerprint density at radius 1 is 1.40 bits per heavy atom. The highest BCUT2D eigenvalue weighted by atomic mass is 32.2. The molecule has 0 unspecified atom stereocenters. The lowest BCUT2D eigenvalue weighted by Gasteiger charge is -2.12. The van der Waals surface area contributed by atoms with Gasteiger partial charge < -0.3 is 10.6 Å². The van der Waals surface area contributed by atoms with Gasteiger partial charge in [0.15, 0.2) is 5.69 Å². The molecule has 1 aromatic heterocycles. The molecule has 2 rings (SSSR count). The highest BCUT2D eigenvalue weighted by molar-refractivity contribution is 7.98. The molecule has 0 fully saturated rings. The highest BCUT2D eigenvalue weighted by Crippen LogP contribution is 2.25. The van der Waals surface area contributed by atoms with E-state index in [4.69, 9.17) is 5.73 Å². The highest BCUT2D eigenvalue weighted by Gasteiger charge is 2.14. The van der Waals surface area contributed by atoms with Crippen LogP contribution in [-0.2, 0) is 6.54 Å². The molecular formula is C14H18N4OS. The van der Waals surface area contributed by atoms with E-state index in [1.165, 1.54) is 4.90 Å². The molecule has 0 aliphatic carbocycles. The Bertz CT molecular complexity index is 621. The van der Waals surface area contributed by atoms with Crippen LogP contribution in [0.1, 0.15) is 16.1 Å². The molecule has 106 valence electrons. The molecule has 2 N–H and O–H groups in total. The van der Waals surface area contributed by atoms with E-state index in [0.717, 1.165) is 16.1 Å². The molecule has 6 heteroatoms. The van der Waals surface area contributed by atoms with Crippen molar-refractivity contribution in [3.63, 3.8) is 0 Å². The smallest absolute Gasteiger partial charge is 0.273 e. The van der Waals surface area contributed by atoms with Crippen LogP contribution < -0.4 is 5.73 Å². The average Bonchev–Trinajstić information content (AvgIpc) is 2.94. The van der Waals surface area contributed by atoms with Gasteiger partial charge in [0.1, 0.15) is 0 Å². The SMILES string of the molecule is CSc1cccc(-n2ccc(C(=O)N(C)C)n2)c1CN. The Hall–Kier alpha value is -1.79. The minimum Gasteiger partial charge on any atom is -0.343 e. The zero-order valence-electron chi connectivity index (χ0n) is 11.8. The molecule has 1 amide bonds. The summed E-state index contributed by atoms with van der Waals surface area (Å²) in [7, 11) is 3.42. The second kappa shape index (κ2) is 6.11. The van der Waals surface area contributed by atoms with Gasteiger partial charge in [-0.15, -0.1) is 11.8 Å². The van der Waals surface area contributed by atoms with Crippen LogP contribution in [0.15, 0.2) is 35.4 Å². The minimum atomic E-state index is -0.112. The average molecular weight is 290 g/mol. The first-order valence-electron chi connectivity index (χ1n) is 6.22. The fourth-order valence-electron chi connectivity index (χ4n) is 1.97. The van der Waals surface area contributed by atoms with Gasteiger partial charge in [0, 0.05) is 37.3 Å². The van der Waals surface area contributed by atoms with Gasteiger partial charge in [-0.3, -0.25) is 4.79 Å². The maximum atomic E-state index is 11.9. The summed E-state index contributed by atoms with van der Waals surface area (Å²) in [5.74, 6) is -0.112. The molecule has 20 heavy (non-hydrogen) atoms. The van der Waals surface area contributed by atoms with Crippen molar-refractivity contribution in [1.82, 2.24) is 14.7 Å². The summed E-state index contributed by atoms with van der Waals surface area (Å²) in [6.07, 6.45) is 3.80. The van der Waals surface area contributed by atoms with E-state index in [0.29, 0.717) is 12.2 Å². The topological polar surface area (TPSA) is 64.2 Å². The minimum absolute atomic E-state index is 0.112. The number of hydrogen-bond acceptors (Lipinski definition) is 4. The molecule has 1 aromatic carbocycles. The van der Waals surface area contributed by atoms with E-state index in [1.54, 1.807) is 42.8 Å². The molecule has 0 saturated carbocycles. The second-order valence-electron chi connectivity index (χ2n) is 4.51. The number of aromatic nitrogens is 2. The molecular weight excluding hydrogens is 272 g/mol. The third-order valence-electron chi connectivity index (χ3n) is 2.99. The molecule has 5 nitrogen and oxygen atoms in total. The second-order valence-corrected chi connectivity index (χ2v) is 5.36. The number of benzene rings is 1. The number of carbonyl (C=O) groups excluding carboxylic acids is 1. The fraction of sp³-hybridized carbons (Fsp3) is 0.286. The van der Waals surface area contributed by atoms with Crippen molar-refractivity contribution in [1.29, 1.82) is 0 Å². The third-order valence-corrected chi connectivity index (χ3v) is 3.82. The number of carbonyl (C=O) groups is 1. The van der Waals surface area contributed by atoms with Crippen molar-refractivity contribution in [3.05, 3.63) is 41.7 Å². The van der Waals surface area contributed by atoms with E-state index in [-0.39, 0.29) is 5.91 Å². The van der Waals surface area contributed by atoms with Crippen molar-refractivity contribution < 1.29 is 4.79 Å². The number of thioether (sulfide) groups is 1. The molecule has 0 radical (unpaired) electrons.